The van der Waals surface area contributed by atoms with Crippen LogP contribution in [0.15, 0.2) is 11.1 Å². The van der Waals surface area contributed by atoms with E-state index < -0.39 is 23.8 Å². The largest absolute Gasteiger partial charge is 0.462 e. The number of allylic oxidation sites excluding steroid dienone is 1. The molecule has 0 aromatic carbocycles. The molecule has 0 saturated heterocycles. The van der Waals surface area contributed by atoms with E-state index in [9.17, 15) is 18.0 Å². The number of carbonyl (C=O) groups excluding carboxylic acids is 1. The number of ether oxygens (including phenoxy) is 1. The Balaban J connectivity index is 3.94. The van der Waals surface area contributed by atoms with E-state index in [1.807, 2.05) is 0 Å². The molecule has 6 heteroatoms. The number of esters is 1. The fourth-order valence-electron chi connectivity index (χ4n) is 0.348. The first-order valence-electron chi connectivity index (χ1n) is 2.90. The zero-order chi connectivity index (χ0) is 9.78. The number of rotatable bonds is 2. The minimum absolute atomic E-state index is 0.465. The molecule has 0 aliphatic carbocycles. The maximum atomic E-state index is 11.6. The van der Waals surface area contributed by atoms with Crippen LogP contribution in [-0.2, 0) is 9.53 Å². The first-order valence-corrected chi connectivity index (χ1v) is 3.28. The lowest BCUT2D eigenvalue weighted by atomic mass is 10.5. The van der Waals surface area contributed by atoms with Crippen molar-refractivity contribution in [1.82, 2.24) is 0 Å². The molecular weight excluding hydrogens is 197 g/mol. The van der Waals surface area contributed by atoms with Crippen molar-refractivity contribution in [2.75, 3.05) is 6.61 Å². The highest BCUT2D eigenvalue weighted by atomic mass is 35.5. The average molecular weight is 203 g/mol. The number of carbonyl (C=O) groups is 1. The fraction of sp³-hybridized carbons (Fsp3) is 0.500. The van der Waals surface area contributed by atoms with E-state index in [-0.39, 0.29) is 0 Å². The summed E-state index contributed by atoms with van der Waals surface area (Å²) >= 11 is 4.79. The van der Waals surface area contributed by atoms with Crippen LogP contribution in [0.3, 0.4) is 0 Å². The molecule has 0 spiro atoms. The molecule has 0 amide bonds. The molecule has 0 bridgehead atoms. The molecule has 2 nitrogen and oxygen atoms in total. The quantitative estimate of drug-likeness (QED) is 0.642. The second-order valence-corrected chi connectivity index (χ2v) is 2.26. The van der Waals surface area contributed by atoms with Gasteiger partial charge < -0.3 is 4.74 Å². The lowest BCUT2D eigenvalue weighted by molar-refractivity contribution is -0.139. The third kappa shape index (κ3) is 5.01. The smallest absolute Gasteiger partial charge is 0.426 e. The molecule has 0 aromatic heterocycles. The van der Waals surface area contributed by atoms with Crippen LogP contribution >= 0.6 is 11.6 Å². The number of alkyl halides is 3. The van der Waals surface area contributed by atoms with Crippen LogP contribution in [-0.4, -0.2) is 18.8 Å². The Morgan fingerprint density at radius 3 is 2.42 bits per heavy atom. The maximum Gasteiger partial charge on any atom is 0.426 e. The van der Waals surface area contributed by atoms with Crippen molar-refractivity contribution in [1.29, 1.82) is 0 Å². The summed E-state index contributed by atoms with van der Waals surface area (Å²) < 4.78 is 39.1. The maximum absolute atomic E-state index is 11.6. The van der Waals surface area contributed by atoms with Crippen LogP contribution in [0.25, 0.3) is 0 Å². The molecule has 12 heavy (non-hydrogen) atoms. The van der Waals surface area contributed by atoms with Gasteiger partial charge in [0.25, 0.3) is 0 Å². The summed E-state index contributed by atoms with van der Waals surface area (Å²) in [6.07, 6.45) is -3.98. The van der Waals surface area contributed by atoms with Crippen LogP contribution < -0.4 is 0 Å². The predicted octanol–water partition coefficient (Wildman–Crippen LogP) is 2.23. The van der Waals surface area contributed by atoms with Gasteiger partial charge in [-0.2, -0.15) is 13.2 Å². The van der Waals surface area contributed by atoms with Gasteiger partial charge in [0.15, 0.2) is 0 Å². The van der Waals surface area contributed by atoms with Gasteiger partial charge in [-0.25, -0.2) is 0 Å². The van der Waals surface area contributed by atoms with Crippen molar-refractivity contribution in [3.05, 3.63) is 11.1 Å². The molecule has 0 N–H and O–H groups in total. The van der Waals surface area contributed by atoms with Crippen molar-refractivity contribution < 1.29 is 22.7 Å². The molecular formula is C6H6ClF3O2. The van der Waals surface area contributed by atoms with E-state index in [0.717, 1.165) is 6.92 Å². The van der Waals surface area contributed by atoms with Crippen molar-refractivity contribution in [3.8, 4) is 0 Å². The first-order chi connectivity index (χ1) is 5.34. The van der Waals surface area contributed by atoms with E-state index in [4.69, 9.17) is 11.6 Å². The van der Waals surface area contributed by atoms with E-state index >= 15 is 0 Å². The van der Waals surface area contributed by atoms with Gasteiger partial charge in [0.05, 0.1) is 0 Å². The summed E-state index contributed by atoms with van der Waals surface area (Å²) in [4.78, 5) is 10.1. The molecule has 0 heterocycles. The van der Waals surface area contributed by atoms with Crippen molar-refractivity contribution in [2.24, 2.45) is 0 Å². The van der Waals surface area contributed by atoms with Crippen molar-refractivity contribution in [2.45, 2.75) is 13.1 Å². The second-order valence-electron chi connectivity index (χ2n) is 1.85. The average Bonchev–Trinajstić information content (AvgIpc) is 1.84. The molecule has 0 aromatic rings. The summed E-state index contributed by atoms with van der Waals surface area (Å²) in [6, 6.07) is 0. The third-order valence-corrected chi connectivity index (χ3v) is 1.19. The van der Waals surface area contributed by atoms with Gasteiger partial charge in [0.1, 0.15) is 11.6 Å². The highest BCUT2D eigenvalue weighted by molar-refractivity contribution is 6.30. The summed E-state index contributed by atoms with van der Waals surface area (Å²) in [5.41, 5.74) is 0. The van der Waals surface area contributed by atoms with Gasteiger partial charge in [0.2, 0.25) is 0 Å². The van der Waals surface area contributed by atoms with Crippen LogP contribution in [0.2, 0.25) is 0 Å². The summed E-state index contributed by atoms with van der Waals surface area (Å²) in [7, 11) is 0. The Morgan fingerprint density at radius 1 is 1.58 bits per heavy atom. The molecule has 0 fully saturated rings. The summed E-state index contributed by atoms with van der Waals surface area (Å²) in [6.45, 7) is 0.628. The second kappa shape index (κ2) is 4.35. The molecule has 0 radical (unpaired) electrons. The van der Waals surface area contributed by atoms with Gasteiger partial charge in [-0.15, -0.1) is 0 Å². The van der Waals surface area contributed by atoms with Gasteiger partial charge in [-0.05, 0) is 6.08 Å². The standard InChI is InChI=1S/C6H6ClF3O2/c1-4(11)12-3-2-5(7)6(8,9)10/h2H,3H2,1H3/b5-2-. The molecule has 0 unspecified atom stereocenters. The van der Waals surface area contributed by atoms with Gasteiger partial charge in [-0.1, -0.05) is 11.6 Å². The SMILES string of the molecule is CC(=O)OC/C=C(\Cl)C(F)(F)F. The molecule has 0 aliphatic heterocycles. The highest BCUT2D eigenvalue weighted by Gasteiger charge is 2.31. The van der Waals surface area contributed by atoms with E-state index in [1.165, 1.54) is 0 Å². The molecule has 0 rings (SSSR count). The van der Waals surface area contributed by atoms with Gasteiger partial charge in [0, 0.05) is 6.92 Å². The Labute approximate surface area is 71.9 Å². The van der Waals surface area contributed by atoms with Crippen LogP contribution in [0.5, 0.6) is 0 Å². The zero-order valence-corrected chi connectivity index (χ0v) is 6.87. The minimum atomic E-state index is -4.57. The lowest BCUT2D eigenvalue weighted by Gasteiger charge is -2.03. The summed E-state index contributed by atoms with van der Waals surface area (Å²) in [5, 5.41) is -1.29. The number of hydrogen-bond donors (Lipinski definition) is 0. The Hall–Kier alpha value is -0.710. The topological polar surface area (TPSA) is 26.3 Å². The van der Waals surface area contributed by atoms with Gasteiger partial charge >= 0.3 is 12.1 Å². The zero-order valence-electron chi connectivity index (χ0n) is 6.11. The monoisotopic (exact) mass is 202 g/mol. The molecule has 0 aliphatic rings. The van der Waals surface area contributed by atoms with Crippen molar-refractivity contribution >= 4 is 17.6 Å². The molecule has 0 saturated carbocycles. The van der Waals surface area contributed by atoms with E-state index in [2.05, 4.69) is 4.74 Å². The molecule has 0 atom stereocenters. The normalized spacial score (nSPS) is 12.9. The fourth-order valence-corrected chi connectivity index (χ4v) is 0.411. The summed E-state index contributed by atoms with van der Waals surface area (Å²) in [5.74, 6) is -0.655. The lowest BCUT2D eigenvalue weighted by Crippen LogP contribution is -2.08. The Kier molecular flexibility index (Phi) is 4.09. The van der Waals surface area contributed by atoms with E-state index in [0.29, 0.717) is 6.08 Å². The number of hydrogen-bond acceptors (Lipinski definition) is 2. The third-order valence-electron chi connectivity index (χ3n) is 0.820. The van der Waals surface area contributed by atoms with Gasteiger partial charge in [-0.3, -0.25) is 4.79 Å². The van der Waals surface area contributed by atoms with Crippen LogP contribution in [0.1, 0.15) is 6.92 Å². The molecule has 70 valence electrons. The highest BCUT2D eigenvalue weighted by Crippen LogP contribution is 2.28. The Morgan fingerprint density at radius 2 is 2.08 bits per heavy atom. The number of halogens is 4. The van der Waals surface area contributed by atoms with Crippen LogP contribution in [0.4, 0.5) is 13.2 Å². The Bertz CT molecular complexity index is 197. The minimum Gasteiger partial charge on any atom is -0.462 e. The van der Waals surface area contributed by atoms with Crippen LogP contribution in [0, 0.1) is 0 Å². The predicted molar refractivity (Wildman–Crippen MR) is 36.6 cm³/mol. The van der Waals surface area contributed by atoms with Crippen molar-refractivity contribution in [3.63, 3.8) is 0 Å². The first kappa shape index (κ1) is 11.3. The van der Waals surface area contributed by atoms with E-state index in [1.54, 1.807) is 0 Å².